The van der Waals surface area contributed by atoms with E-state index in [4.69, 9.17) is 14.2 Å². The highest BCUT2D eigenvalue weighted by atomic mass is 16.6. The van der Waals surface area contributed by atoms with E-state index in [1.165, 1.54) is 186 Å². The average molecular weight is 877 g/mol. The Morgan fingerprint density at radius 1 is 0.323 bits per heavy atom. The smallest absolute Gasteiger partial charge is 0.306 e. The van der Waals surface area contributed by atoms with Crippen molar-refractivity contribution in [3.05, 3.63) is 0 Å². The lowest BCUT2D eigenvalue weighted by molar-refractivity contribution is -0.167. The Hall–Kier alpha value is -1.59. The summed E-state index contributed by atoms with van der Waals surface area (Å²) in [6.45, 7) is 13.7. The van der Waals surface area contributed by atoms with Crippen molar-refractivity contribution in [1.29, 1.82) is 0 Å². The molecule has 3 atom stereocenters. The lowest BCUT2D eigenvalue weighted by Gasteiger charge is -2.18. The molecular weight excluding hydrogens is 769 g/mol. The zero-order valence-electron chi connectivity index (χ0n) is 42.7. The molecule has 0 aromatic heterocycles. The monoisotopic (exact) mass is 877 g/mol. The quantitative estimate of drug-likeness (QED) is 0.0344. The normalized spacial score (nSPS) is 13.0. The Bertz CT molecular complexity index is 964. The molecule has 0 aromatic rings. The van der Waals surface area contributed by atoms with Crippen LogP contribution >= 0.6 is 0 Å². The summed E-state index contributed by atoms with van der Waals surface area (Å²) in [4.78, 5) is 38.0. The van der Waals surface area contributed by atoms with Crippen LogP contribution in [0.25, 0.3) is 0 Å². The summed E-state index contributed by atoms with van der Waals surface area (Å²) < 4.78 is 16.8. The number of ether oxygens (including phenoxy) is 3. The molecule has 0 spiro atoms. The van der Waals surface area contributed by atoms with Gasteiger partial charge in [-0.3, -0.25) is 14.4 Å². The van der Waals surface area contributed by atoms with Crippen molar-refractivity contribution >= 4 is 17.9 Å². The number of carbonyl (C=O) groups is 3. The van der Waals surface area contributed by atoms with Crippen molar-refractivity contribution in [3.8, 4) is 0 Å². The zero-order chi connectivity index (χ0) is 45.6. The van der Waals surface area contributed by atoms with Crippen LogP contribution in [0, 0.1) is 17.8 Å². The third-order valence-electron chi connectivity index (χ3n) is 13.4. The Morgan fingerprint density at radius 3 is 0.839 bits per heavy atom. The molecule has 2 unspecified atom stereocenters. The second-order valence-corrected chi connectivity index (χ2v) is 20.2. The first-order valence-electron chi connectivity index (χ1n) is 27.7. The van der Waals surface area contributed by atoms with Gasteiger partial charge in [0, 0.05) is 19.3 Å². The van der Waals surface area contributed by atoms with Crippen LogP contribution in [0.1, 0.15) is 305 Å². The molecular formula is C56H108O6. The van der Waals surface area contributed by atoms with Gasteiger partial charge in [0.15, 0.2) is 6.10 Å². The highest BCUT2D eigenvalue weighted by molar-refractivity contribution is 5.71. The van der Waals surface area contributed by atoms with Crippen LogP contribution in [-0.4, -0.2) is 37.2 Å². The van der Waals surface area contributed by atoms with Crippen LogP contribution in [0.4, 0.5) is 0 Å². The van der Waals surface area contributed by atoms with Gasteiger partial charge in [0.2, 0.25) is 0 Å². The second kappa shape index (κ2) is 47.4. The van der Waals surface area contributed by atoms with Crippen LogP contribution in [0.15, 0.2) is 0 Å². The Kier molecular flexibility index (Phi) is 46.2. The number of rotatable bonds is 49. The lowest BCUT2D eigenvalue weighted by Crippen LogP contribution is -2.30. The molecule has 0 rings (SSSR count). The molecule has 0 saturated carbocycles. The highest BCUT2D eigenvalue weighted by Gasteiger charge is 2.19. The third kappa shape index (κ3) is 46.4. The maximum Gasteiger partial charge on any atom is 0.306 e. The Labute approximate surface area is 387 Å². The summed E-state index contributed by atoms with van der Waals surface area (Å²) in [5.74, 6) is 1.68. The van der Waals surface area contributed by atoms with E-state index < -0.39 is 6.10 Å². The summed E-state index contributed by atoms with van der Waals surface area (Å²) in [5, 5.41) is 0. The van der Waals surface area contributed by atoms with Gasteiger partial charge in [-0.25, -0.2) is 0 Å². The van der Waals surface area contributed by atoms with E-state index >= 15 is 0 Å². The maximum atomic E-state index is 12.8. The van der Waals surface area contributed by atoms with Gasteiger partial charge in [0.25, 0.3) is 0 Å². The predicted octanol–water partition coefficient (Wildman–Crippen LogP) is 17.9. The summed E-state index contributed by atoms with van der Waals surface area (Å²) in [7, 11) is 0. The van der Waals surface area contributed by atoms with Crippen LogP contribution in [0.3, 0.4) is 0 Å². The summed E-state index contributed by atoms with van der Waals surface area (Å²) in [5.41, 5.74) is 0. The van der Waals surface area contributed by atoms with Crippen molar-refractivity contribution in [3.63, 3.8) is 0 Å². The van der Waals surface area contributed by atoms with Gasteiger partial charge >= 0.3 is 17.9 Å². The van der Waals surface area contributed by atoms with Crippen molar-refractivity contribution in [2.24, 2.45) is 17.8 Å². The highest BCUT2D eigenvalue weighted by Crippen LogP contribution is 2.19. The average Bonchev–Trinajstić information content (AvgIpc) is 3.26. The van der Waals surface area contributed by atoms with E-state index in [1.807, 2.05) is 0 Å². The second-order valence-electron chi connectivity index (χ2n) is 20.2. The van der Waals surface area contributed by atoms with Gasteiger partial charge in [-0.05, 0) is 37.0 Å². The number of esters is 3. The summed E-state index contributed by atoms with van der Waals surface area (Å²) >= 11 is 0. The fourth-order valence-electron chi connectivity index (χ4n) is 8.40. The first-order valence-corrected chi connectivity index (χ1v) is 27.7. The minimum Gasteiger partial charge on any atom is -0.462 e. The minimum atomic E-state index is -0.763. The van der Waals surface area contributed by atoms with E-state index in [0.717, 1.165) is 75.5 Å². The van der Waals surface area contributed by atoms with Gasteiger partial charge < -0.3 is 14.2 Å². The lowest BCUT2D eigenvalue weighted by atomic mass is 9.99. The Morgan fingerprint density at radius 2 is 0.565 bits per heavy atom. The van der Waals surface area contributed by atoms with Crippen LogP contribution in [-0.2, 0) is 28.6 Å². The molecule has 0 aliphatic rings. The van der Waals surface area contributed by atoms with Crippen molar-refractivity contribution < 1.29 is 28.6 Å². The maximum absolute atomic E-state index is 12.8. The molecule has 0 bridgehead atoms. The molecule has 0 aliphatic heterocycles. The molecule has 0 N–H and O–H groups in total. The topological polar surface area (TPSA) is 78.9 Å². The van der Waals surface area contributed by atoms with E-state index in [1.54, 1.807) is 0 Å². The third-order valence-corrected chi connectivity index (χ3v) is 13.4. The zero-order valence-corrected chi connectivity index (χ0v) is 42.7. The summed E-state index contributed by atoms with van der Waals surface area (Å²) in [6, 6.07) is 0. The molecule has 0 radical (unpaired) electrons. The fraction of sp³-hybridized carbons (Fsp3) is 0.946. The molecule has 0 amide bonds. The molecule has 368 valence electrons. The molecule has 62 heavy (non-hydrogen) atoms. The SMILES string of the molecule is CCC(C)CCCCCCCCCCCCCCCCCCCCC(=O)O[C@H](COC(=O)CCCCCCCCCCCC(C)C)COC(=O)CCCCCCCCC(C)CC. The predicted molar refractivity (Wildman–Crippen MR) is 266 cm³/mol. The fourth-order valence-corrected chi connectivity index (χ4v) is 8.40. The van der Waals surface area contributed by atoms with E-state index in [0.29, 0.717) is 19.3 Å². The molecule has 6 heteroatoms. The standard InChI is InChI=1S/C56H108O6/c1-7-51(5)43-37-31-25-21-17-15-13-11-9-10-12-14-16-18-22-27-35-41-47-56(59)62-53(49-61-55(58)46-40-34-29-28-32-38-44-52(6)8-2)48-60-54(57)45-39-33-26-23-19-20-24-30-36-42-50(3)4/h50-53H,7-49H2,1-6H3/t51?,52?,53-/m1/s1. The van der Waals surface area contributed by atoms with Crippen molar-refractivity contribution in [2.75, 3.05) is 13.2 Å². The van der Waals surface area contributed by atoms with E-state index in [-0.39, 0.29) is 31.1 Å². The number of carbonyl (C=O) groups excluding carboxylic acids is 3. The van der Waals surface area contributed by atoms with Gasteiger partial charge in [-0.1, -0.05) is 266 Å². The molecule has 0 heterocycles. The first kappa shape index (κ1) is 60.4. The summed E-state index contributed by atoms with van der Waals surface area (Å²) in [6.07, 6.45) is 48.1. The molecule has 0 aliphatic carbocycles. The number of hydrogen-bond donors (Lipinski definition) is 0. The van der Waals surface area contributed by atoms with Crippen LogP contribution in [0.5, 0.6) is 0 Å². The van der Waals surface area contributed by atoms with Gasteiger partial charge in [-0.15, -0.1) is 0 Å². The molecule has 0 aromatic carbocycles. The molecule has 0 saturated heterocycles. The Balaban J connectivity index is 4.21. The number of hydrogen-bond acceptors (Lipinski definition) is 6. The molecule has 0 fully saturated rings. The largest absolute Gasteiger partial charge is 0.462 e. The van der Waals surface area contributed by atoms with Crippen molar-refractivity contribution in [2.45, 2.75) is 311 Å². The van der Waals surface area contributed by atoms with Gasteiger partial charge in [-0.2, -0.15) is 0 Å². The van der Waals surface area contributed by atoms with Gasteiger partial charge in [0.05, 0.1) is 0 Å². The van der Waals surface area contributed by atoms with Gasteiger partial charge in [0.1, 0.15) is 13.2 Å². The first-order chi connectivity index (χ1) is 30.2. The van der Waals surface area contributed by atoms with Crippen LogP contribution < -0.4 is 0 Å². The van der Waals surface area contributed by atoms with Crippen LogP contribution in [0.2, 0.25) is 0 Å². The van der Waals surface area contributed by atoms with E-state index in [9.17, 15) is 14.4 Å². The number of unbranched alkanes of at least 4 members (excludes halogenated alkanes) is 30. The minimum absolute atomic E-state index is 0.0653. The molecule has 6 nitrogen and oxygen atoms in total. The van der Waals surface area contributed by atoms with E-state index in [2.05, 4.69) is 41.5 Å². The van der Waals surface area contributed by atoms with Crippen molar-refractivity contribution in [1.82, 2.24) is 0 Å².